The first kappa shape index (κ1) is 38.7. The van der Waals surface area contributed by atoms with E-state index in [1.165, 1.54) is 15.3 Å². The number of rotatable bonds is 10. The number of nitrogens with two attached hydrogens (primary N) is 1. The van der Waals surface area contributed by atoms with Crippen molar-refractivity contribution in [3.8, 4) is 27.4 Å². The molecule has 2 saturated heterocycles. The van der Waals surface area contributed by atoms with Crippen molar-refractivity contribution in [1.29, 1.82) is 0 Å². The zero-order valence-corrected chi connectivity index (χ0v) is 32.3. The van der Waals surface area contributed by atoms with Crippen LogP contribution in [0.4, 0.5) is 11.5 Å². The summed E-state index contributed by atoms with van der Waals surface area (Å²) in [6.45, 7) is 11.9. The van der Waals surface area contributed by atoms with Crippen molar-refractivity contribution in [2.75, 3.05) is 49.9 Å². The molecule has 2 aliphatic heterocycles. The minimum atomic E-state index is -0.923. The standard InChI is InChI=1S/C40H50N8O5S/c1-24-14-19-54-35(24)27-12-10-26(11-13-27)25(2)42-38(52)32-20-28(49)22-48(32)39(53)36(40(3,4)5)43-34(51)23-46-15-17-47(18-16-46)31-21-30(44-45-37(31)41)29-8-6-7-9-33(29)50/h6-14,19,21,25,28,32,36,49-50H,15-18,20,22-23H2,1-5H3,(H2,41,45)(H,42,52)(H,43,51)/t25-,28+,32-,36+/m0/s1. The lowest BCUT2D eigenvalue weighted by molar-refractivity contribution is -0.144. The molecule has 0 saturated carbocycles. The van der Waals surface area contributed by atoms with Crippen molar-refractivity contribution in [2.45, 2.75) is 65.3 Å². The molecule has 6 rings (SSSR count). The molecular weight excluding hydrogens is 705 g/mol. The third kappa shape index (κ3) is 8.67. The lowest BCUT2D eigenvalue weighted by atomic mass is 9.85. The van der Waals surface area contributed by atoms with Crippen molar-refractivity contribution < 1.29 is 24.6 Å². The number of nitrogen functional groups attached to an aromatic ring is 1. The molecule has 14 heteroatoms. The Hall–Kier alpha value is -5.05. The van der Waals surface area contributed by atoms with Gasteiger partial charge in [-0.3, -0.25) is 19.3 Å². The molecule has 0 spiro atoms. The topological polar surface area (TPSA) is 177 Å². The first-order valence-corrected chi connectivity index (χ1v) is 19.2. The van der Waals surface area contributed by atoms with Gasteiger partial charge in [0.25, 0.3) is 0 Å². The highest BCUT2D eigenvalue weighted by molar-refractivity contribution is 7.13. The molecule has 0 aliphatic carbocycles. The van der Waals surface area contributed by atoms with Gasteiger partial charge in [-0.05, 0) is 65.6 Å². The number of likely N-dealkylation sites (tertiary alicyclic amines) is 1. The van der Waals surface area contributed by atoms with Crippen LogP contribution >= 0.6 is 11.3 Å². The van der Waals surface area contributed by atoms with Gasteiger partial charge >= 0.3 is 0 Å². The summed E-state index contributed by atoms with van der Waals surface area (Å²) in [6, 6.07) is 16.8. The largest absolute Gasteiger partial charge is 0.507 e. The van der Waals surface area contributed by atoms with Gasteiger partial charge in [0.2, 0.25) is 17.7 Å². The zero-order chi connectivity index (χ0) is 38.7. The third-order valence-corrected chi connectivity index (χ3v) is 11.3. The first-order chi connectivity index (χ1) is 25.7. The Kier molecular flexibility index (Phi) is 11.5. The Morgan fingerprint density at radius 1 is 1.00 bits per heavy atom. The third-order valence-electron chi connectivity index (χ3n) is 10.2. The van der Waals surface area contributed by atoms with Crippen LogP contribution in [-0.4, -0.2) is 105 Å². The Morgan fingerprint density at radius 2 is 1.70 bits per heavy atom. The van der Waals surface area contributed by atoms with Crippen LogP contribution in [0.3, 0.4) is 0 Å². The average molecular weight is 755 g/mol. The van der Waals surface area contributed by atoms with E-state index in [9.17, 15) is 24.6 Å². The van der Waals surface area contributed by atoms with Gasteiger partial charge in [-0.15, -0.1) is 21.5 Å². The molecule has 2 aromatic heterocycles. The van der Waals surface area contributed by atoms with Crippen molar-refractivity contribution in [2.24, 2.45) is 5.41 Å². The van der Waals surface area contributed by atoms with Crippen LogP contribution in [0.15, 0.2) is 66.0 Å². The molecule has 4 atom stereocenters. The van der Waals surface area contributed by atoms with Gasteiger partial charge in [-0.1, -0.05) is 57.2 Å². The van der Waals surface area contributed by atoms with E-state index in [0.717, 1.165) is 11.1 Å². The molecule has 2 aromatic carbocycles. The summed E-state index contributed by atoms with van der Waals surface area (Å²) in [6.07, 6.45) is -0.748. The highest BCUT2D eigenvalue weighted by atomic mass is 32.1. The van der Waals surface area contributed by atoms with Crippen molar-refractivity contribution in [1.82, 2.24) is 30.6 Å². The Balaban J connectivity index is 1.06. The van der Waals surface area contributed by atoms with Gasteiger partial charge in [0.1, 0.15) is 17.8 Å². The van der Waals surface area contributed by atoms with Crippen molar-refractivity contribution in [3.63, 3.8) is 0 Å². The fourth-order valence-electron chi connectivity index (χ4n) is 7.13. The fourth-order valence-corrected chi connectivity index (χ4v) is 8.06. The second kappa shape index (κ2) is 16.1. The number of benzene rings is 2. The van der Waals surface area contributed by atoms with Crippen LogP contribution in [0, 0.1) is 12.3 Å². The number of phenols is 1. The van der Waals surface area contributed by atoms with E-state index in [-0.39, 0.29) is 48.9 Å². The average Bonchev–Trinajstić information content (AvgIpc) is 3.76. The number of piperazine rings is 1. The molecule has 4 heterocycles. The van der Waals surface area contributed by atoms with Crippen LogP contribution in [0.25, 0.3) is 21.7 Å². The number of amides is 3. The predicted octanol–water partition coefficient (Wildman–Crippen LogP) is 3.96. The molecule has 6 N–H and O–H groups in total. The normalized spacial score (nSPS) is 19.0. The summed E-state index contributed by atoms with van der Waals surface area (Å²) >= 11 is 1.69. The number of hydrogen-bond acceptors (Lipinski definition) is 11. The fraction of sp³-hybridized carbons (Fsp3) is 0.425. The quantitative estimate of drug-likeness (QED) is 0.159. The van der Waals surface area contributed by atoms with E-state index >= 15 is 0 Å². The minimum Gasteiger partial charge on any atom is -0.507 e. The number of anilines is 2. The molecule has 54 heavy (non-hydrogen) atoms. The van der Waals surface area contributed by atoms with Gasteiger partial charge in [-0.25, -0.2) is 0 Å². The number of nitrogens with zero attached hydrogens (tertiary/aromatic N) is 5. The second-order valence-corrected chi connectivity index (χ2v) is 16.2. The van der Waals surface area contributed by atoms with Gasteiger partial charge in [-0.2, -0.15) is 0 Å². The number of para-hydroxylation sites is 1. The molecule has 2 fully saturated rings. The highest BCUT2D eigenvalue weighted by Gasteiger charge is 2.45. The maximum absolute atomic E-state index is 14.2. The van der Waals surface area contributed by atoms with E-state index in [1.54, 1.807) is 29.5 Å². The Labute approximate surface area is 320 Å². The number of aromatic nitrogens is 2. The molecule has 0 radical (unpaired) electrons. The lowest BCUT2D eigenvalue weighted by Gasteiger charge is -2.38. The van der Waals surface area contributed by atoms with Gasteiger partial charge < -0.3 is 36.4 Å². The second-order valence-electron chi connectivity index (χ2n) is 15.3. The molecule has 4 aromatic rings. The summed E-state index contributed by atoms with van der Waals surface area (Å²) < 4.78 is 0. The number of thiophene rings is 1. The number of carbonyl (C=O) groups is 3. The minimum absolute atomic E-state index is 0.00315. The van der Waals surface area contributed by atoms with E-state index in [1.807, 2.05) is 69.0 Å². The van der Waals surface area contributed by atoms with Gasteiger partial charge in [0.15, 0.2) is 5.82 Å². The van der Waals surface area contributed by atoms with Crippen LogP contribution < -0.4 is 21.3 Å². The summed E-state index contributed by atoms with van der Waals surface area (Å²) in [4.78, 5) is 48.0. The molecular formula is C40H50N8O5S. The van der Waals surface area contributed by atoms with Crippen LogP contribution in [0.5, 0.6) is 5.75 Å². The number of aromatic hydroxyl groups is 1. The Bertz CT molecular complexity index is 1970. The molecule has 13 nitrogen and oxygen atoms in total. The molecule has 3 amide bonds. The number of nitrogens with one attached hydrogen (secondary N) is 2. The number of hydrogen-bond donors (Lipinski definition) is 5. The number of phenolic OH excluding ortho intramolecular Hbond substituents is 1. The predicted molar refractivity (Wildman–Crippen MR) is 211 cm³/mol. The molecule has 2 aliphatic rings. The maximum Gasteiger partial charge on any atom is 0.246 e. The zero-order valence-electron chi connectivity index (χ0n) is 31.5. The van der Waals surface area contributed by atoms with Gasteiger partial charge in [0, 0.05) is 49.6 Å². The number of aliphatic hydroxyl groups excluding tert-OH is 1. The summed E-state index contributed by atoms with van der Waals surface area (Å²) in [5.41, 5.74) is 10.6. The number of aliphatic hydroxyl groups is 1. The van der Waals surface area contributed by atoms with Crippen LogP contribution in [-0.2, 0) is 14.4 Å². The van der Waals surface area contributed by atoms with E-state index in [2.05, 4.69) is 44.1 Å². The highest BCUT2D eigenvalue weighted by Crippen LogP contribution is 2.33. The number of aryl methyl sites for hydroxylation is 1. The molecule has 0 unspecified atom stereocenters. The van der Waals surface area contributed by atoms with Crippen LogP contribution in [0.1, 0.15) is 51.3 Å². The van der Waals surface area contributed by atoms with E-state index < -0.39 is 29.5 Å². The van der Waals surface area contributed by atoms with Crippen molar-refractivity contribution >= 4 is 40.6 Å². The summed E-state index contributed by atoms with van der Waals surface area (Å²) in [5.74, 6) is -0.679. The molecule has 286 valence electrons. The van der Waals surface area contributed by atoms with E-state index in [0.29, 0.717) is 43.1 Å². The SMILES string of the molecule is Cc1ccsc1-c1ccc([C@H](C)NC(=O)[C@@H]2C[C@@H](O)CN2C(=O)[C@@H](NC(=O)CN2CCN(c3cc(-c4ccccc4O)nnc3N)CC2)C(C)(C)C)cc1. The molecule has 0 bridgehead atoms. The summed E-state index contributed by atoms with van der Waals surface area (Å²) in [5, 5.41) is 37.3. The Morgan fingerprint density at radius 3 is 2.35 bits per heavy atom. The number of β-amino-alcohol motifs (C(OH)–C–C–N with tert-alkyl or cyclic N) is 1. The van der Waals surface area contributed by atoms with Crippen molar-refractivity contribution in [3.05, 3.63) is 77.2 Å². The van der Waals surface area contributed by atoms with Crippen LogP contribution in [0.2, 0.25) is 0 Å². The van der Waals surface area contributed by atoms with E-state index in [4.69, 9.17) is 5.73 Å². The first-order valence-electron chi connectivity index (χ1n) is 18.3. The number of carbonyl (C=O) groups excluding carboxylic acids is 3. The maximum atomic E-state index is 14.2. The summed E-state index contributed by atoms with van der Waals surface area (Å²) in [7, 11) is 0. The van der Waals surface area contributed by atoms with Gasteiger partial charge in [0.05, 0.1) is 30.1 Å². The monoisotopic (exact) mass is 754 g/mol. The smallest absolute Gasteiger partial charge is 0.246 e. The lowest BCUT2D eigenvalue weighted by Crippen LogP contribution is -2.59.